The van der Waals surface area contributed by atoms with Crippen molar-refractivity contribution in [3.63, 3.8) is 0 Å². The number of nitrogens with two attached hydrogens (primary N) is 1. The van der Waals surface area contributed by atoms with E-state index in [2.05, 4.69) is 29.6 Å². The monoisotopic (exact) mass is 309 g/mol. The Bertz CT molecular complexity index is 643. The quantitative estimate of drug-likeness (QED) is 0.846. The molecule has 4 heteroatoms. The Morgan fingerprint density at radius 2 is 1.43 bits per heavy atom. The number of nitrogens with zero attached hydrogens (tertiary/aromatic N) is 1. The van der Waals surface area contributed by atoms with Crippen LogP contribution in [-0.2, 0) is 12.8 Å². The van der Waals surface area contributed by atoms with E-state index in [1.807, 2.05) is 29.2 Å². The SMILES string of the molecule is Nc1ccc(CCc2ccc(NC(=O)N3CCCC3)cc2)cc1. The number of hydrogen-bond donors (Lipinski definition) is 2. The molecule has 0 spiro atoms. The second-order valence-electron chi connectivity index (χ2n) is 6.06. The molecule has 2 aromatic carbocycles. The van der Waals surface area contributed by atoms with Crippen LogP contribution >= 0.6 is 0 Å². The number of carbonyl (C=O) groups is 1. The van der Waals surface area contributed by atoms with Crippen molar-refractivity contribution < 1.29 is 4.79 Å². The van der Waals surface area contributed by atoms with Gasteiger partial charge in [-0.15, -0.1) is 0 Å². The molecule has 2 aromatic rings. The van der Waals surface area contributed by atoms with Crippen molar-refractivity contribution >= 4 is 17.4 Å². The number of rotatable bonds is 4. The molecule has 0 saturated carbocycles. The van der Waals surface area contributed by atoms with Gasteiger partial charge in [0.2, 0.25) is 0 Å². The highest BCUT2D eigenvalue weighted by atomic mass is 16.2. The van der Waals surface area contributed by atoms with E-state index in [0.717, 1.165) is 50.1 Å². The van der Waals surface area contributed by atoms with Crippen LogP contribution in [0.3, 0.4) is 0 Å². The van der Waals surface area contributed by atoms with Crippen LogP contribution < -0.4 is 11.1 Å². The molecule has 0 atom stereocenters. The molecule has 0 aliphatic carbocycles. The van der Waals surface area contributed by atoms with Gasteiger partial charge in [0, 0.05) is 24.5 Å². The van der Waals surface area contributed by atoms with Gasteiger partial charge in [-0.3, -0.25) is 0 Å². The average molecular weight is 309 g/mol. The number of benzene rings is 2. The zero-order valence-corrected chi connectivity index (χ0v) is 13.3. The molecular formula is C19H23N3O. The molecule has 3 rings (SSSR count). The average Bonchev–Trinajstić information content (AvgIpc) is 3.10. The van der Waals surface area contributed by atoms with Crippen molar-refractivity contribution in [3.8, 4) is 0 Å². The van der Waals surface area contributed by atoms with E-state index in [4.69, 9.17) is 5.73 Å². The number of aryl methyl sites for hydroxylation is 2. The summed E-state index contributed by atoms with van der Waals surface area (Å²) < 4.78 is 0. The van der Waals surface area contributed by atoms with Crippen molar-refractivity contribution in [2.75, 3.05) is 24.1 Å². The summed E-state index contributed by atoms with van der Waals surface area (Å²) in [5.74, 6) is 0. The van der Waals surface area contributed by atoms with Gasteiger partial charge in [0.05, 0.1) is 0 Å². The fourth-order valence-electron chi connectivity index (χ4n) is 2.85. The van der Waals surface area contributed by atoms with E-state index in [1.165, 1.54) is 11.1 Å². The number of anilines is 2. The van der Waals surface area contributed by atoms with Gasteiger partial charge < -0.3 is 16.0 Å². The summed E-state index contributed by atoms with van der Waals surface area (Å²) in [7, 11) is 0. The minimum atomic E-state index is 0.0112. The predicted octanol–water partition coefficient (Wildman–Crippen LogP) is 3.68. The summed E-state index contributed by atoms with van der Waals surface area (Å²) in [6.45, 7) is 1.73. The van der Waals surface area contributed by atoms with Gasteiger partial charge in [-0.1, -0.05) is 24.3 Å². The zero-order valence-electron chi connectivity index (χ0n) is 13.3. The number of nitrogen functional groups attached to an aromatic ring is 1. The Hall–Kier alpha value is -2.49. The highest BCUT2D eigenvalue weighted by molar-refractivity contribution is 5.89. The first-order chi connectivity index (χ1) is 11.2. The third kappa shape index (κ3) is 4.25. The lowest BCUT2D eigenvalue weighted by molar-refractivity contribution is 0.222. The molecule has 1 saturated heterocycles. The van der Waals surface area contributed by atoms with Gasteiger partial charge >= 0.3 is 6.03 Å². The zero-order chi connectivity index (χ0) is 16.1. The molecule has 0 unspecified atom stereocenters. The third-order valence-corrected chi connectivity index (χ3v) is 4.28. The van der Waals surface area contributed by atoms with Crippen LogP contribution in [0.5, 0.6) is 0 Å². The van der Waals surface area contributed by atoms with Gasteiger partial charge in [-0.2, -0.15) is 0 Å². The second-order valence-corrected chi connectivity index (χ2v) is 6.06. The summed E-state index contributed by atoms with van der Waals surface area (Å²) in [6, 6.07) is 16.1. The Balaban J connectivity index is 1.52. The molecular weight excluding hydrogens is 286 g/mol. The summed E-state index contributed by atoms with van der Waals surface area (Å²) in [4.78, 5) is 13.9. The first-order valence-electron chi connectivity index (χ1n) is 8.20. The van der Waals surface area contributed by atoms with Crippen LogP contribution in [0.25, 0.3) is 0 Å². The molecule has 1 aliphatic heterocycles. The van der Waals surface area contributed by atoms with Crippen molar-refractivity contribution in [1.29, 1.82) is 0 Å². The Morgan fingerprint density at radius 1 is 0.913 bits per heavy atom. The van der Waals surface area contributed by atoms with Crippen LogP contribution in [0, 0.1) is 0 Å². The lowest BCUT2D eigenvalue weighted by Crippen LogP contribution is -2.32. The summed E-state index contributed by atoms with van der Waals surface area (Å²) in [5.41, 5.74) is 9.90. The lowest BCUT2D eigenvalue weighted by Gasteiger charge is -2.16. The van der Waals surface area contributed by atoms with Crippen LogP contribution in [0.15, 0.2) is 48.5 Å². The largest absolute Gasteiger partial charge is 0.399 e. The van der Waals surface area contributed by atoms with E-state index in [0.29, 0.717) is 0 Å². The van der Waals surface area contributed by atoms with Crippen LogP contribution in [-0.4, -0.2) is 24.0 Å². The van der Waals surface area contributed by atoms with E-state index in [-0.39, 0.29) is 6.03 Å². The normalized spacial score (nSPS) is 14.0. The van der Waals surface area contributed by atoms with Crippen molar-refractivity contribution in [3.05, 3.63) is 59.7 Å². The standard InChI is InChI=1S/C19H23N3O/c20-17-9-5-15(6-10-17)3-4-16-7-11-18(12-8-16)21-19(23)22-13-1-2-14-22/h5-12H,1-4,13-14,20H2,(H,21,23). The summed E-state index contributed by atoms with van der Waals surface area (Å²) >= 11 is 0. The fraction of sp³-hybridized carbons (Fsp3) is 0.316. The van der Waals surface area contributed by atoms with Crippen LogP contribution in [0.4, 0.5) is 16.2 Å². The van der Waals surface area contributed by atoms with E-state index >= 15 is 0 Å². The number of carbonyl (C=O) groups excluding carboxylic acids is 1. The molecule has 0 aromatic heterocycles. The van der Waals surface area contributed by atoms with Gasteiger partial charge in [-0.25, -0.2) is 4.79 Å². The predicted molar refractivity (Wildman–Crippen MR) is 94.5 cm³/mol. The minimum absolute atomic E-state index is 0.0112. The number of nitrogens with one attached hydrogen (secondary N) is 1. The Morgan fingerprint density at radius 3 is 2.00 bits per heavy atom. The molecule has 1 fully saturated rings. The summed E-state index contributed by atoms with van der Waals surface area (Å²) in [6.07, 6.45) is 4.18. The van der Waals surface area contributed by atoms with Gasteiger partial charge in [0.25, 0.3) is 0 Å². The van der Waals surface area contributed by atoms with Gasteiger partial charge in [0.15, 0.2) is 0 Å². The fourth-order valence-corrected chi connectivity index (χ4v) is 2.85. The number of urea groups is 1. The lowest BCUT2D eigenvalue weighted by atomic mass is 10.0. The molecule has 1 heterocycles. The first kappa shape index (κ1) is 15.4. The van der Waals surface area contributed by atoms with E-state index in [1.54, 1.807) is 0 Å². The van der Waals surface area contributed by atoms with Crippen LogP contribution in [0.1, 0.15) is 24.0 Å². The van der Waals surface area contributed by atoms with Gasteiger partial charge in [-0.05, 0) is 61.1 Å². The second kappa shape index (κ2) is 7.18. The maximum absolute atomic E-state index is 12.0. The van der Waals surface area contributed by atoms with Crippen molar-refractivity contribution in [2.24, 2.45) is 0 Å². The van der Waals surface area contributed by atoms with Crippen molar-refractivity contribution in [2.45, 2.75) is 25.7 Å². The van der Waals surface area contributed by atoms with Crippen molar-refractivity contribution in [1.82, 2.24) is 4.90 Å². The molecule has 2 amide bonds. The molecule has 4 nitrogen and oxygen atoms in total. The first-order valence-corrected chi connectivity index (χ1v) is 8.20. The Kier molecular flexibility index (Phi) is 4.81. The maximum atomic E-state index is 12.0. The molecule has 23 heavy (non-hydrogen) atoms. The maximum Gasteiger partial charge on any atom is 0.321 e. The summed E-state index contributed by atoms with van der Waals surface area (Å²) in [5, 5.41) is 2.96. The van der Waals surface area contributed by atoms with Crippen LogP contribution in [0.2, 0.25) is 0 Å². The smallest absolute Gasteiger partial charge is 0.321 e. The number of amides is 2. The molecule has 0 radical (unpaired) electrons. The highest BCUT2D eigenvalue weighted by Gasteiger charge is 2.17. The highest BCUT2D eigenvalue weighted by Crippen LogP contribution is 2.15. The Labute approximate surface area is 137 Å². The minimum Gasteiger partial charge on any atom is -0.399 e. The topological polar surface area (TPSA) is 58.4 Å². The molecule has 1 aliphatic rings. The molecule has 120 valence electrons. The van der Waals surface area contributed by atoms with Gasteiger partial charge in [0.1, 0.15) is 0 Å². The van der Waals surface area contributed by atoms with E-state index < -0.39 is 0 Å². The molecule has 0 bridgehead atoms. The third-order valence-electron chi connectivity index (χ3n) is 4.28. The molecule has 3 N–H and O–H groups in total. The van der Waals surface area contributed by atoms with E-state index in [9.17, 15) is 4.79 Å². The number of hydrogen-bond acceptors (Lipinski definition) is 2. The number of likely N-dealkylation sites (tertiary alicyclic amines) is 1.